The van der Waals surface area contributed by atoms with Gasteiger partial charge >= 0.3 is 6.03 Å². The quantitative estimate of drug-likeness (QED) is 0.773. The molecule has 1 atom stereocenters. The molecule has 0 aromatic heterocycles. The summed E-state index contributed by atoms with van der Waals surface area (Å²) < 4.78 is 0. The number of benzene rings is 1. The summed E-state index contributed by atoms with van der Waals surface area (Å²) in [5.74, 6) is -0.178. The summed E-state index contributed by atoms with van der Waals surface area (Å²) in [5.41, 5.74) is 2.80. The largest absolute Gasteiger partial charge is 0.354 e. The molecule has 1 aromatic carbocycles. The Kier molecular flexibility index (Phi) is 6.03. The second-order valence-electron chi connectivity index (χ2n) is 4.93. The molecular formula is C15H23N3O2. The van der Waals surface area contributed by atoms with Gasteiger partial charge in [0.2, 0.25) is 5.91 Å². The Balaban J connectivity index is 2.55. The number of carbonyl (C=O) groups is 2. The topological polar surface area (TPSA) is 70.2 Å². The lowest BCUT2D eigenvalue weighted by molar-refractivity contribution is -0.122. The monoisotopic (exact) mass is 277 g/mol. The Morgan fingerprint density at radius 2 is 1.95 bits per heavy atom. The molecule has 1 aromatic rings. The number of carbonyl (C=O) groups excluding carboxylic acids is 2. The lowest BCUT2D eigenvalue weighted by Crippen LogP contribution is -2.46. The van der Waals surface area contributed by atoms with Gasteiger partial charge in [0, 0.05) is 12.2 Å². The number of amides is 3. The Bertz CT molecular complexity index is 486. The first-order valence-electron chi connectivity index (χ1n) is 6.86. The molecule has 0 aliphatic rings. The van der Waals surface area contributed by atoms with Crippen LogP contribution in [0.2, 0.25) is 0 Å². The van der Waals surface area contributed by atoms with E-state index in [2.05, 4.69) is 16.0 Å². The van der Waals surface area contributed by atoms with Gasteiger partial charge in [0.25, 0.3) is 0 Å². The van der Waals surface area contributed by atoms with E-state index in [0.717, 1.165) is 23.2 Å². The third kappa shape index (κ3) is 4.91. The predicted molar refractivity (Wildman–Crippen MR) is 80.8 cm³/mol. The smallest absolute Gasteiger partial charge is 0.319 e. The van der Waals surface area contributed by atoms with E-state index in [9.17, 15) is 9.59 Å². The fourth-order valence-corrected chi connectivity index (χ4v) is 1.69. The number of aryl methyl sites for hydroxylation is 2. The van der Waals surface area contributed by atoms with Gasteiger partial charge in [-0.15, -0.1) is 0 Å². The van der Waals surface area contributed by atoms with Crippen molar-refractivity contribution in [1.82, 2.24) is 10.6 Å². The van der Waals surface area contributed by atoms with E-state index >= 15 is 0 Å². The van der Waals surface area contributed by atoms with Crippen LogP contribution in [-0.4, -0.2) is 24.5 Å². The van der Waals surface area contributed by atoms with Gasteiger partial charge in [-0.05, 0) is 44.4 Å². The summed E-state index contributed by atoms with van der Waals surface area (Å²) >= 11 is 0. The molecule has 1 unspecified atom stereocenters. The lowest BCUT2D eigenvalue weighted by Gasteiger charge is -2.15. The number of urea groups is 1. The number of nitrogens with one attached hydrogen (secondary N) is 3. The van der Waals surface area contributed by atoms with Gasteiger partial charge in [-0.1, -0.05) is 19.1 Å². The van der Waals surface area contributed by atoms with E-state index in [0.29, 0.717) is 6.54 Å². The van der Waals surface area contributed by atoms with Gasteiger partial charge in [0.15, 0.2) is 0 Å². The van der Waals surface area contributed by atoms with Crippen molar-refractivity contribution in [2.24, 2.45) is 0 Å². The molecule has 0 aliphatic heterocycles. The minimum atomic E-state index is -0.563. The van der Waals surface area contributed by atoms with Crippen LogP contribution in [0, 0.1) is 13.8 Å². The standard InChI is InChI=1S/C15H23N3O2/c1-5-8-16-14(19)12(4)17-15(20)18-13-9-10(2)6-7-11(13)3/h6-7,9,12H,5,8H2,1-4H3,(H,16,19)(H2,17,18,20). The van der Waals surface area contributed by atoms with Gasteiger partial charge in [-0.2, -0.15) is 0 Å². The normalized spacial score (nSPS) is 11.6. The highest BCUT2D eigenvalue weighted by Gasteiger charge is 2.15. The SMILES string of the molecule is CCCNC(=O)C(C)NC(=O)Nc1cc(C)ccc1C. The van der Waals surface area contributed by atoms with Crippen LogP contribution in [0.15, 0.2) is 18.2 Å². The van der Waals surface area contributed by atoms with Crippen LogP contribution in [-0.2, 0) is 4.79 Å². The average molecular weight is 277 g/mol. The minimum Gasteiger partial charge on any atom is -0.354 e. The number of anilines is 1. The molecule has 5 nitrogen and oxygen atoms in total. The molecule has 1 rings (SSSR count). The first-order valence-corrected chi connectivity index (χ1v) is 6.86. The van der Waals surface area contributed by atoms with Crippen LogP contribution in [0.3, 0.4) is 0 Å². The fraction of sp³-hybridized carbons (Fsp3) is 0.467. The molecule has 3 N–H and O–H groups in total. The van der Waals surface area contributed by atoms with Crippen molar-refractivity contribution in [2.75, 3.05) is 11.9 Å². The summed E-state index contributed by atoms with van der Waals surface area (Å²) in [4.78, 5) is 23.5. The van der Waals surface area contributed by atoms with Crippen LogP contribution in [0.5, 0.6) is 0 Å². The first-order chi connectivity index (χ1) is 9.43. The molecule has 3 amide bonds. The first kappa shape index (κ1) is 16.0. The van der Waals surface area contributed by atoms with Crippen LogP contribution >= 0.6 is 0 Å². The molecule has 0 fully saturated rings. The van der Waals surface area contributed by atoms with Gasteiger partial charge in [0.1, 0.15) is 6.04 Å². The fourth-order valence-electron chi connectivity index (χ4n) is 1.69. The Morgan fingerprint density at radius 3 is 2.60 bits per heavy atom. The molecule has 0 saturated heterocycles. The maximum atomic E-state index is 11.9. The summed E-state index contributed by atoms with van der Waals surface area (Å²) in [6.07, 6.45) is 0.868. The van der Waals surface area contributed by atoms with E-state index in [1.807, 2.05) is 39.0 Å². The van der Waals surface area contributed by atoms with E-state index in [-0.39, 0.29) is 11.9 Å². The summed E-state index contributed by atoms with van der Waals surface area (Å²) in [6, 6.07) is 4.89. The minimum absolute atomic E-state index is 0.178. The maximum absolute atomic E-state index is 11.9. The van der Waals surface area contributed by atoms with Crippen LogP contribution in [0.25, 0.3) is 0 Å². The van der Waals surface area contributed by atoms with Crippen molar-refractivity contribution >= 4 is 17.6 Å². The highest BCUT2D eigenvalue weighted by Crippen LogP contribution is 2.15. The Hall–Kier alpha value is -2.04. The zero-order valence-corrected chi connectivity index (χ0v) is 12.5. The third-order valence-corrected chi connectivity index (χ3v) is 2.93. The van der Waals surface area contributed by atoms with Crippen molar-refractivity contribution in [3.05, 3.63) is 29.3 Å². The van der Waals surface area contributed by atoms with Crippen molar-refractivity contribution < 1.29 is 9.59 Å². The van der Waals surface area contributed by atoms with Crippen LogP contribution < -0.4 is 16.0 Å². The predicted octanol–water partition coefficient (Wildman–Crippen LogP) is 2.34. The molecule has 20 heavy (non-hydrogen) atoms. The maximum Gasteiger partial charge on any atom is 0.319 e. The summed E-state index contributed by atoms with van der Waals surface area (Å²) in [7, 11) is 0. The van der Waals surface area contributed by atoms with Crippen molar-refractivity contribution in [1.29, 1.82) is 0 Å². The van der Waals surface area contributed by atoms with Crippen LogP contribution in [0.1, 0.15) is 31.4 Å². The molecule has 0 bridgehead atoms. The zero-order valence-electron chi connectivity index (χ0n) is 12.5. The molecule has 0 spiro atoms. The average Bonchev–Trinajstić information content (AvgIpc) is 2.40. The van der Waals surface area contributed by atoms with E-state index in [1.54, 1.807) is 6.92 Å². The molecule has 0 aliphatic carbocycles. The highest BCUT2D eigenvalue weighted by atomic mass is 16.2. The highest BCUT2D eigenvalue weighted by molar-refractivity contribution is 5.94. The molecule has 0 heterocycles. The molecule has 0 radical (unpaired) electrons. The Morgan fingerprint density at radius 1 is 1.25 bits per heavy atom. The molecular weight excluding hydrogens is 254 g/mol. The lowest BCUT2D eigenvalue weighted by atomic mass is 10.1. The van der Waals surface area contributed by atoms with Crippen LogP contribution in [0.4, 0.5) is 10.5 Å². The number of hydrogen-bond acceptors (Lipinski definition) is 2. The summed E-state index contributed by atoms with van der Waals surface area (Å²) in [5, 5.41) is 8.12. The van der Waals surface area contributed by atoms with E-state index in [1.165, 1.54) is 0 Å². The van der Waals surface area contributed by atoms with E-state index < -0.39 is 6.04 Å². The van der Waals surface area contributed by atoms with Crippen molar-refractivity contribution in [3.63, 3.8) is 0 Å². The van der Waals surface area contributed by atoms with Crippen molar-refractivity contribution in [3.8, 4) is 0 Å². The third-order valence-electron chi connectivity index (χ3n) is 2.93. The van der Waals surface area contributed by atoms with Gasteiger partial charge < -0.3 is 16.0 Å². The molecule has 0 saturated carbocycles. The van der Waals surface area contributed by atoms with Crippen molar-refractivity contribution in [2.45, 2.75) is 40.2 Å². The second-order valence-corrected chi connectivity index (χ2v) is 4.93. The molecule has 5 heteroatoms. The zero-order chi connectivity index (χ0) is 15.1. The van der Waals surface area contributed by atoms with E-state index in [4.69, 9.17) is 0 Å². The Labute approximate surface area is 120 Å². The number of rotatable bonds is 5. The van der Waals surface area contributed by atoms with Gasteiger partial charge in [-0.25, -0.2) is 4.79 Å². The second kappa shape index (κ2) is 7.53. The van der Waals surface area contributed by atoms with Gasteiger partial charge in [0.05, 0.1) is 0 Å². The van der Waals surface area contributed by atoms with Gasteiger partial charge in [-0.3, -0.25) is 4.79 Å². The summed E-state index contributed by atoms with van der Waals surface area (Å²) in [6.45, 7) is 8.14. The number of hydrogen-bond donors (Lipinski definition) is 3. The molecule has 110 valence electrons.